The van der Waals surface area contributed by atoms with Gasteiger partial charge in [0.05, 0.1) is 0 Å². The lowest BCUT2D eigenvalue weighted by molar-refractivity contribution is 0.340. The fraction of sp³-hybridized carbons (Fsp3) is 0.333. The Bertz CT molecular complexity index is 250. The summed E-state index contributed by atoms with van der Waals surface area (Å²) in [6.07, 6.45) is -0.888. The van der Waals surface area contributed by atoms with Crippen LogP contribution in [0, 0.1) is 5.82 Å². The zero-order chi connectivity index (χ0) is 8.97. The Labute approximate surface area is 70.2 Å². The van der Waals surface area contributed by atoms with E-state index in [4.69, 9.17) is 5.73 Å². The molecule has 0 aliphatic carbocycles. The van der Waals surface area contributed by atoms with Crippen molar-refractivity contribution in [2.45, 2.75) is 12.6 Å². The number of hydrogen-bond acceptors (Lipinski definition) is 1. The predicted octanol–water partition coefficient (Wildman–Crippen LogP) is 1.66. The van der Waals surface area contributed by atoms with Crippen LogP contribution in [-0.4, -0.2) is 12.7 Å². The third-order valence-electron chi connectivity index (χ3n) is 1.60. The zero-order valence-corrected chi connectivity index (χ0v) is 6.63. The number of alkyl halides is 1. The monoisotopic (exact) mass is 171 g/mol. The van der Waals surface area contributed by atoms with Gasteiger partial charge in [-0.2, -0.15) is 0 Å². The molecule has 0 amide bonds. The van der Waals surface area contributed by atoms with E-state index in [1.807, 2.05) is 0 Å². The van der Waals surface area contributed by atoms with E-state index >= 15 is 0 Å². The van der Waals surface area contributed by atoms with Gasteiger partial charge in [0.2, 0.25) is 0 Å². The van der Waals surface area contributed by atoms with Gasteiger partial charge < -0.3 is 5.73 Å². The molecule has 2 N–H and O–H groups in total. The fourth-order valence-corrected chi connectivity index (χ4v) is 1.00. The van der Waals surface area contributed by atoms with E-state index in [2.05, 4.69) is 0 Å². The number of halogens is 2. The third-order valence-corrected chi connectivity index (χ3v) is 1.60. The Hall–Kier alpha value is -0.960. The quantitative estimate of drug-likeness (QED) is 0.735. The summed E-state index contributed by atoms with van der Waals surface area (Å²) >= 11 is 0. The van der Waals surface area contributed by atoms with E-state index < -0.39 is 6.17 Å². The predicted molar refractivity (Wildman–Crippen MR) is 44.1 cm³/mol. The first-order valence-corrected chi connectivity index (χ1v) is 3.81. The molecular weight excluding hydrogens is 160 g/mol. The Morgan fingerprint density at radius 2 is 2.17 bits per heavy atom. The molecule has 1 aromatic rings. The molecule has 66 valence electrons. The highest BCUT2D eigenvalue weighted by molar-refractivity contribution is 5.17. The maximum Gasteiger partial charge on any atom is 0.123 e. The summed E-state index contributed by atoms with van der Waals surface area (Å²) in [4.78, 5) is 0. The van der Waals surface area contributed by atoms with Crippen molar-refractivity contribution in [3.63, 3.8) is 0 Å². The summed E-state index contributed by atoms with van der Waals surface area (Å²) in [6.45, 7) is -0.0173. The molecule has 0 fully saturated rings. The molecule has 0 aromatic heterocycles. The van der Waals surface area contributed by atoms with Crippen LogP contribution in [0.25, 0.3) is 0 Å². The standard InChI is InChI=1S/C9H11F2N/c10-8-3-1-2-7(4-8)5-9(11)6-12/h1-4,9H,5-6,12H2. The van der Waals surface area contributed by atoms with Gasteiger partial charge in [-0.1, -0.05) is 12.1 Å². The van der Waals surface area contributed by atoms with E-state index in [0.29, 0.717) is 5.56 Å². The van der Waals surface area contributed by atoms with Gasteiger partial charge in [-0.15, -0.1) is 0 Å². The molecule has 12 heavy (non-hydrogen) atoms. The van der Waals surface area contributed by atoms with Crippen LogP contribution in [0.2, 0.25) is 0 Å². The molecule has 1 nitrogen and oxygen atoms in total. The molecule has 1 aromatic carbocycles. The normalized spacial score (nSPS) is 12.9. The molecule has 1 rings (SSSR count). The second-order valence-corrected chi connectivity index (χ2v) is 2.67. The molecule has 0 saturated carbocycles. The summed E-state index contributed by atoms with van der Waals surface area (Å²) in [6, 6.07) is 5.90. The number of rotatable bonds is 3. The van der Waals surface area contributed by atoms with Gasteiger partial charge in [-0.3, -0.25) is 0 Å². The highest BCUT2D eigenvalue weighted by Crippen LogP contribution is 2.07. The topological polar surface area (TPSA) is 26.0 Å². The Balaban J connectivity index is 2.63. The second-order valence-electron chi connectivity index (χ2n) is 2.67. The summed E-state index contributed by atoms with van der Waals surface area (Å²) in [7, 11) is 0. The maximum atomic E-state index is 12.7. The van der Waals surface area contributed by atoms with Crippen LogP contribution >= 0.6 is 0 Å². The first-order chi connectivity index (χ1) is 5.72. The Morgan fingerprint density at radius 3 is 2.75 bits per heavy atom. The van der Waals surface area contributed by atoms with Crippen molar-refractivity contribution in [2.75, 3.05) is 6.54 Å². The average molecular weight is 171 g/mol. The molecule has 1 atom stereocenters. The molecule has 0 radical (unpaired) electrons. The number of nitrogens with two attached hydrogens (primary N) is 1. The SMILES string of the molecule is NCC(F)Cc1cccc(F)c1. The van der Waals surface area contributed by atoms with Gasteiger partial charge in [0, 0.05) is 13.0 Å². The Morgan fingerprint density at radius 1 is 1.42 bits per heavy atom. The van der Waals surface area contributed by atoms with E-state index in [9.17, 15) is 8.78 Å². The maximum absolute atomic E-state index is 12.7. The second kappa shape index (κ2) is 4.16. The van der Waals surface area contributed by atoms with Crippen LogP contribution in [0.3, 0.4) is 0 Å². The van der Waals surface area contributed by atoms with Crippen molar-refractivity contribution >= 4 is 0 Å². The lowest BCUT2D eigenvalue weighted by atomic mass is 10.1. The summed E-state index contributed by atoms with van der Waals surface area (Å²) in [5.74, 6) is -0.336. The molecule has 0 aliphatic rings. The van der Waals surface area contributed by atoms with E-state index in [1.165, 1.54) is 12.1 Å². The number of hydrogen-bond donors (Lipinski definition) is 1. The third kappa shape index (κ3) is 2.58. The lowest BCUT2D eigenvalue weighted by Gasteiger charge is -2.04. The molecule has 3 heteroatoms. The lowest BCUT2D eigenvalue weighted by Crippen LogP contribution is -2.17. The van der Waals surface area contributed by atoms with E-state index in [0.717, 1.165) is 0 Å². The van der Waals surface area contributed by atoms with Gasteiger partial charge in [0.25, 0.3) is 0 Å². The fourth-order valence-electron chi connectivity index (χ4n) is 1.00. The molecule has 1 unspecified atom stereocenters. The summed E-state index contributed by atoms with van der Waals surface area (Å²) < 4.78 is 25.3. The highest BCUT2D eigenvalue weighted by Gasteiger charge is 2.04. The van der Waals surface area contributed by atoms with Crippen LogP contribution < -0.4 is 5.73 Å². The van der Waals surface area contributed by atoms with Crippen molar-refractivity contribution in [3.8, 4) is 0 Å². The molecular formula is C9H11F2N. The van der Waals surface area contributed by atoms with Crippen LogP contribution in [0.5, 0.6) is 0 Å². The van der Waals surface area contributed by atoms with Crippen molar-refractivity contribution in [2.24, 2.45) is 5.73 Å². The molecule has 0 aliphatic heterocycles. The minimum Gasteiger partial charge on any atom is -0.328 e. The van der Waals surface area contributed by atoms with Crippen LogP contribution in [0.1, 0.15) is 5.56 Å². The molecule has 0 saturated heterocycles. The summed E-state index contributed by atoms with van der Waals surface area (Å²) in [5.41, 5.74) is 5.74. The minimum absolute atomic E-state index is 0.0173. The smallest absolute Gasteiger partial charge is 0.123 e. The van der Waals surface area contributed by atoms with Gasteiger partial charge in [-0.25, -0.2) is 8.78 Å². The van der Waals surface area contributed by atoms with Crippen molar-refractivity contribution < 1.29 is 8.78 Å². The van der Waals surface area contributed by atoms with Crippen molar-refractivity contribution in [3.05, 3.63) is 35.6 Å². The van der Waals surface area contributed by atoms with Crippen LogP contribution in [0.15, 0.2) is 24.3 Å². The largest absolute Gasteiger partial charge is 0.328 e. The average Bonchev–Trinajstić information content (AvgIpc) is 2.04. The van der Waals surface area contributed by atoms with Gasteiger partial charge >= 0.3 is 0 Å². The van der Waals surface area contributed by atoms with E-state index in [1.54, 1.807) is 12.1 Å². The molecule has 0 bridgehead atoms. The van der Waals surface area contributed by atoms with E-state index in [-0.39, 0.29) is 18.8 Å². The van der Waals surface area contributed by atoms with Crippen molar-refractivity contribution in [1.29, 1.82) is 0 Å². The number of benzene rings is 1. The first kappa shape index (κ1) is 9.13. The first-order valence-electron chi connectivity index (χ1n) is 3.81. The van der Waals surface area contributed by atoms with Gasteiger partial charge in [-0.05, 0) is 17.7 Å². The van der Waals surface area contributed by atoms with Crippen LogP contribution in [0.4, 0.5) is 8.78 Å². The Kier molecular flexibility index (Phi) is 3.17. The minimum atomic E-state index is -1.08. The summed E-state index contributed by atoms with van der Waals surface area (Å²) in [5, 5.41) is 0. The highest BCUT2D eigenvalue weighted by atomic mass is 19.1. The van der Waals surface area contributed by atoms with Crippen LogP contribution in [-0.2, 0) is 6.42 Å². The molecule has 0 heterocycles. The molecule has 0 spiro atoms. The van der Waals surface area contributed by atoms with Gasteiger partial charge in [0.1, 0.15) is 12.0 Å². The van der Waals surface area contributed by atoms with Gasteiger partial charge in [0.15, 0.2) is 0 Å². The van der Waals surface area contributed by atoms with Crippen molar-refractivity contribution in [1.82, 2.24) is 0 Å². The zero-order valence-electron chi connectivity index (χ0n) is 6.63.